The molecule has 0 spiro atoms. The molecule has 2 aromatic carbocycles. The van der Waals surface area contributed by atoms with Gasteiger partial charge in [0.1, 0.15) is 5.82 Å². The molecule has 0 unspecified atom stereocenters. The standard InChI is InChI=1S/C27H25ClN6O2/c1-33-15-20(14-31-33)19-11-23(25(29)30-13-19)26(35)32-21-9-10-34(16-21)27(36)18-7-8-22(24(28)12-18)17-5-3-2-4-6-17/h2-8,11-15,21H,9-10,16H2,1H3,(H2,29,30)(H,32,35)/t21-/m1/s1. The largest absolute Gasteiger partial charge is 0.383 e. The van der Waals surface area contributed by atoms with Gasteiger partial charge in [-0.2, -0.15) is 5.10 Å². The number of halogens is 1. The summed E-state index contributed by atoms with van der Waals surface area (Å²) in [6, 6.07) is 16.7. The van der Waals surface area contributed by atoms with Crippen LogP contribution in [0.4, 0.5) is 5.82 Å². The number of rotatable bonds is 5. The lowest BCUT2D eigenvalue weighted by atomic mass is 10.0. The molecular weight excluding hydrogens is 476 g/mol. The van der Waals surface area contributed by atoms with Crippen molar-refractivity contribution in [2.75, 3.05) is 18.8 Å². The van der Waals surface area contributed by atoms with Crippen molar-refractivity contribution in [3.63, 3.8) is 0 Å². The quantitative estimate of drug-likeness (QED) is 0.430. The average Bonchev–Trinajstić information content (AvgIpc) is 3.53. The highest BCUT2D eigenvalue weighted by Gasteiger charge is 2.29. The minimum atomic E-state index is -0.319. The van der Waals surface area contributed by atoms with E-state index in [-0.39, 0.29) is 23.7 Å². The number of benzene rings is 2. The normalized spacial score (nSPS) is 15.2. The number of aromatic nitrogens is 3. The van der Waals surface area contributed by atoms with E-state index in [0.29, 0.717) is 35.7 Å². The number of likely N-dealkylation sites (tertiary alicyclic amines) is 1. The van der Waals surface area contributed by atoms with Gasteiger partial charge < -0.3 is 16.0 Å². The minimum absolute atomic E-state index is 0.118. The molecule has 8 nitrogen and oxygen atoms in total. The third-order valence-electron chi connectivity index (χ3n) is 6.31. The van der Waals surface area contributed by atoms with Gasteiger partial charge in [0.2, 0.25) is 0 Å². The van der Waals surface area contributed by atoms with Crippen LogP contribution in [0.3, 0.4) is 0 Å². The zero-order valence-corrected chi connectivity index (χ0v) is 20.4. The number of nitrogens with one attached hydrogen (secondary N) is 1. The molecule has 1 fully saturated rings. The molecule has 1 atom stereocenters. The Bertz CT molecular complexity index is 1440. The maximum atomic E-state index is 13.1. The number of nitrogens with zero attached hydrogens (tertiary/aromatic N) is 4. The van der Waals surface area contributed by atoms with Gasteiger partial charge >= 0.3 is 0 Å². The SMILES string of the molecule is Cn1cc(-c2cnc(N)c(C(=O)N[C@@H]3CCN(C(=O)c4ccc(-c5ccccc5)c(Cl)c4)C3)c2)cn1. The summed E-state index contributed by atoms with van der Waals surface area (Å²) in [4.78, 5) is 32.0. The number of hydrogen-bond acceptors (Lipinski definition) is 5. The molecule has 3 N–H and O–H groups in total. The van der Waals surface area contributed by atoms with E-state index < -0.39 is 0 Å². The van der Waals surface area contributed by atoms with E-state index in [2.05, 4.69) is 15.4 Å². The Morgan fingerprint density at radius 1 is 1.06 bits per heavy atom. The number of aryl methyl sites for hydroxylation is 1. The van der Waals surface area contributed by atoms with Crippen LogP contribution in [0, 0.1) is 0 Å². The van der Waals surface area contributed by atoms with Gasteiger partial charge in [-0.15, -0.1) is 0 Å². The molecule has 1 saturated heterocycles. The number of amides is 2. The molecule has 5 rings (SSSR count). The molecule has 0 aliphatic carbocycles. The predicted molar refractivity (Wildman–Crippen MR) is 140 cm³/mol. The first-order valence-corrected chi connectivity index (χ1v) is 12.0. The minimum Gasteiger partial charge on any atom is -0.383 e. The molecule has 2 amide bonds. The molecule has 1 aliphatic heterocycles. The van der Waals surface area contributed by atoms with Crippen LogP contribution in [0.5, 0.6) is 0 Å². The van der Waals surface area contributed by atoms with E-state index in [4.69, 9.17) is 17.3 Å². The Morgan fingerprint density at radius 2 is 1.86 bits per heavy atom. The summed E-state index contributed by atoms with van der Waals surface area (Å²) in [7, 11) is 1.82. The first-order chi connectivity index (χ1) is 17.4. The Balaban J connectivity index is 1.25. The molecule has 0 saturated carbocycles. The summed E-state index contributed by atoms with van der Waals surface area (Å²) < 4.78 is 1.68. The van der Waals surface area contributed by atoms with Crippen LogP contribution in [0.15, 0.2) is 73.2 Å². The topological polar surface area (TPSA) is 106 Å². The lowest BCUT2D eigenvalue weighted by molar-refractivity contribution is 0.0783. The third-order valence-corrected chi connectivity index (χ3v) is 6.63. The van der Waals surface area contributed by atoms with Crippen molar-refractivity contribution >= 4 is 29.2 Å². The van der Waals surface area contributed by atoms with Gasteiger partial charge in [-0.1, -0.05) is 48.0 Å². The second-order valence-electron chi connectivity index (χ2n) is 8.83. The van der Waals surface area contributed by atoms with E-state index in [9.17, 15) is 9.59 Å². The second kappa shape index (κ2) is 9.83. The lowest BCUT2D eigenvalue weighted by Crippen LogP contribution is -2.38. The summed E-state index contributed by atoms with van der Waals surface area (Å²) in [5, 5.41) is 7.68. The predicted octanol–water partition coefficient (Wildman–Crippen LogP) is 4.03. The van der Waals surface area contributed by atoms with Crippen LogP contribution in [0.1, 0.15) is 27.1 Å². The van der Waals surface area contributed by atoms with Crippen molar-refractivity contribution in [2.24, 2.45) is 7.05 Å². The van der Waals surface area contributed by atoms with Gasteiger partial charge in [-0.25, -0.2) is 4.98 Å². The Kier molecular flexibility index (Phi) is 6.43. The maximum Gasteiger partial charge on any atom is 0.255 e. The van der Waals surface area contributed by atoms with E-state index in [1.807, 2.05) is 49.6 Å². The smallest absolute Gasteiger partial charge is 0.255 e. The molecule has 182 valence electrons. The van der Waals surface area contributed by atoms with E-state index in [1.54, 1.807) is 40.2 Å². The van der Waals surface area contributed by atoms with Crippen LogP contribution in [-0.4, -0.2) is 50.6 Å². The molecule has 9 heteroatoms. The third kappa shape index (κ3) is 4.81. The Morgan fingerprint density at radius 3 is 2.58 bits per heavy atom. The number of carbonyl (C=O) groups is 2. The number of anilines is 1. The van der Waals surface area contributed by atoms with Gasteiger partial charge in [-0.3, -0.25) is 14.3 Å². The zero-order valence-electron chi connectivity index (χ0n) is 19.7. The number of nitrogen functional groups attached to an aromatic ring is 1. The van der Waals surface area contributed by atoms with Crippen molar-refractivity contribution in [3.8, 4) is 22.3 Å². The lowest BCUT2D eigenvalue weighted by Gasteiger charge is -2.18. The van der Waals surface area contributed by atoms with Crippen molar-refractivity contribution in [2.45, 2.75) is 12.5 Å². The average molecular weight is 501 g/mol. The van der Waals surface area contributed by atoms with Gasteiger partial charge in [0.25, 0.3) is 11.8 Å². The molecule has 36 heavy (non-hydrogen) atoms. The zero-order chi connectivity index (χ0) is 25.2. The molecule has 3 heterocycles. The van der Waals surface area contributed by atoms with Gasteiger partial charge in [-0.05, 0) is 30.2 Å². The van der Waals surface area contributed by atoms with Gasteiger partial charge in [0, 0.05) is 65.8 Å². The number of nitrogens with two attached hydrogens (primary N) is 1. The second-order valence-corrected chi connectivity index (χ2v) is 9.24. The first-order valence-electron chi connectivity index (χ1n) is 11.6. The van der Waals surface area contributed by atoms with E-state index >= 15 is 0 Å². The summed E-state index contributed by atoms with van der Waals surface area (Å²) in [5.74, 6) is -0.285. The maximum absolute atomic E-state index is 13.1. The van der Waals surface area contributed by atoms with Crippen molar-refractivity contribution in [1.29, 1.82) is 0 Å². The highest BCUT2D eigenvalue weighted by atomic mass is 35.5. The number of pyridine rings is 1. The highest BCUT2D eigenvalue weighted by Crippen LogP contribution is 2.29. The van der Waals surface area contributed by atoms with E-state index in [1.165, 1.54) is 0 Å². The molecule has 4 aromatic rings. The Hall–Kier alpha value is -4.17. The molecule has 0 bridgehead atoms. The summed E-state index contributed by atoms with van der Waals surface area (Å²) >= 11 is 6.50. The summed E-state index contributed by atoms with van der Waals surface area (Å²) in [5.41, 5.74) is 10.3. The summed E-state index contributed by atoms with van der Waals surface area (Å²) in [6.07, 6.45) is 5.80. The van der Waals surface area contributed by atoms with Crippen LogP contribution in [0.25, 0.3) is 22.3 Å². The van der Waals surface area contributed by atoms with Crippen LogP contribution in [0.2, 0.25) is 5.02 Å². The number of carbonyl (C=O) groups excluding carboxylic acids is 2. The van der Waals surface area contributed by atoms with Crippen molar-refractivity contribution in [1.82, 2.24) is 25.0 Å². The Labute approximate surface area is 213 Å². The van der Waals surface area contributed by atoms with Crippen molar-refractivity contribution < 1.29 is 9.59 Å². The molecule has 0 radical (unpaired) electrons. The number of hydrogen-bond donors (Lipinski definition) is 2. The fraction of sp³-hybridized carbons (Fsp3) is 0.185. The molecule has 1 aliphatic rings. The van der Waals surface area contributed by atoms with Crippen LogP contribution >= 0.6 is 11.6 Å². The fourth-order valence-electron chi connectivity index (χ4n) is 4.39. The van der Waals surface area contributed by atoms with Gasteiger partial charge in [0.05, 0.1) is 11.8 Å². The van der Waals surface area contributed by atoms with Crippen LogP contribution in [-0.2, 0) is 7.05 Å². The monoisotopic (exact) mass is 500 g/mol. The molecule has 2 aromatic heterocycles. The molecular formula is C27H25ClN6O2. The fourth-order valence-corrected chi connectivity index (χ4v) is 4.68. The summed E-state index contributed by atoms with van der Waals surface area (Å²) in [6.45, 7) is 0.934. The van der Waals surface area contributed by atoms with Gasteiger partial charge in [0.15, 0.2) is 0 Å². The first kappa shape index (κ1) is 23.6. The van der Waals surface area contributed by atoms with Crippen molar-refractivity contribution in [3.05, 3.63) is 89.3 Å². The highest BCUT2D eigenvalue weighted by molar-refractivity contribution is 6.33. The van der Waals surface area contributed by atoms with Crippen LogP contribution < -0.4 is 11.1 Å². The van der Waals surface area contributed by atoms with E-state index in [0.717, 1.165) is 22.3 Å².